The van der Waals surface area contributed by atoms with E-state index in [1.807, 2.05) is 34.6 Å². The molecule has 10 nitrogen and oxygen atoms in total. The molecular weight excluding hydrogens is 400 g/mol. The summed E-state index contributed by atoms with van der Waals surface area (Å²) in [4.78, 5) is 38.8. The first-order valence-corrected chi connectivity index (χ1v) is 10.5. The Hall–Kier alpha value is -3.04. The van der Waals surface area contributed by atoms with Crippen LogP contribution in [-0.2, 0) is 16.6 Å². The number of anilines is 1. The first kappa shape index (κ1) is 22.6. The summed E-state index contributed by atoms with van der Waals surface area (Å²) in [7, 11) is 3.15. The van der Waals surface area contributed by atoms with Gasteiger partial charge >= 0.3 is 6.09 Å². The highest BCUT2D eigenvalue weighted by molar-refractivity contribution is 5.80. The van der Waals surface area contributed by atoms with Crippen LogP contribution >= 0.6 is 0 Å². The van der Waals surface area contributed by atoms with Crippen LogP contribution in [0.5, 0.6) is 0 Å². The number of carbonyl (C=O) groups excluding carboxylic acids is 1. The fraction of sp³-hybridized carbons (Fsp3) is 0.619. The van der Waals surface area contributed by atoms with Gasteiger partial charge in [-0.3, -0.25) is 4.79 Å². The van der Waals surface area contributed by atoms with Crippen LogP contribution in [-0.4, -0.2) is 69.3 Å². The van der Waals surface area contributed by atoms with E-state index in [-0.39, 0.29) is 23.7 Å². The average molecular weight is 433 g/mol. The molecule has 1 aliphatic heterocycles. The molecule has 0 aliphatic carbocycles. The van der Waals surface area contributed by atoms with Crippen molar-refractivity contribution in [1.29, 1.82) is 0 Å². The Morgan fingerprint density at radius 3 is 2.68 bits per heavy atom. The molecule has 0 saturated carbocycles. The zero-order chi connectivity index (χ0) is 22.9. The third kappa shape index (κ3) is 4.67. The molecule has 3 heterocycles. The van der Waals surface area contributed by atoms with E-state index in [2.05, 4.69) is 15.0 Å². The first-order valence-electron chi connectivity index (χ1n) is 10.5. The van der Waals surface area contributed by atoms with Crippen molar-refractivity contribution in [3.8, 4) is 0 Å². The quantitative estimate of drug-likeness (QED) is 0.543. The van der Waals surface area contributed by atoms with Gasteiger partial charge in [0, 0.05) is 32.2 Å². The van der Waals surface area contributed by atoms with Gasteiger partial charge < -0.3 is 19.4 Å². The maximum Gasteiger partial charge on any atom is 0.410 e. The smallest absolute Gasteiger partial charge is 0.410 e. The Morgan fingerprint density at radius 1 is 1.35 bits per heavy atom. The molecule has 1 saturated heterocycles. The van der Waals surface area contributed by atoms with Crippen molar-refractivity contribution in [2.45, 2.75) is 58.7 Å². The number of ether oxygens (including phenoxy) is 1. The maximum atomic E-state index is 12.8. The summed E-state index contributed by atoms with van der Waals surface area (Å²) in [6, 6.07) is 1.53. The lowest BCUT2D eigenvalue weighted by molar-refractivity contribution is 0.0106. The number of fused-ring (bicyclic) bond motifs is 1. The highest BCUT2D eigenvalue weighted by Gasteiger charge is 2.37. The molecule has 2 aromatic heterocycles. The summed E-state index contributed by atoms with van der Waals surface area (Å²) in [6.45, 7) is 10.8. The van der Waals surface area contributed by atoms with Gasteiger partial charge in [-0.2, -0.15) is 0 Å². The van der Waals surface area contributed by atoms with Crippen LogP contribution in [0.15, 0.2) is 22.2 Å². The third-order valence-electron chi connectivity index (χ3n) is 5.38. The largest absolute Gasteiger partial charge is 0.444 e. The minimum Gasteiger partial charge on any atom is -0.444 e. The molecule has 0 aromatic carbocycles. The molecular formula is C21H32N6O4. The highest BCUT2D eigenvalue weighted by atomic mass is 16.6. The van der Waals surface area contributed by atoms with Crippen molar-refractivity contribution < 1.29 is 14.4 Å². The normalized spacial score (nSPS) is 20.0. The van der Waals surface area contributed by atoms with Gasteiger partial charge in [-0.1, -0.05) is 12.1 Å². The second-order valence-corrected chi connectivity index (χ2v) is 8.84. The van der Waals surface area contributed by atoms with Crippen LogP contribution in [0.4, 0.5) is 10.5 Å². The molecule has 10 heteroatoms. The SMILES string of the molecule is CC[C@@H]1CN(c2cc(=O)n(C)n3cc(C=NOC)nc23)[C@@H](C)CN1C(=O)OC(C)(C)C. The fourth-order valence-corrected chi connectivity index (χ4v) is 3.82. The van der Waals surface area contributed by atoms with E-state index in [4.69, 9.17) is 9.57 Å². The number of imidazole rings is 1. The number of piperazine rings is 1. The summed E-state index contributed by atoms with van der Waals surface area (Å²) in [5.41, 5.74) is 1.26. The topological polar surface area (TPSA) is 93.7 Å². The number of aromatic nitrogens is 3. The zero-order valence-corrected chi connectivity index (χ0v) is 19.3. The van der Waals surface area contributed by atoms with E-state index in [0.717, 1.165) is 12.1 Å². The Kier molecular flexibility index (Phi) is 6.28. The van der Waals surface area contributed by atoms with Gasteiger partial charge in [-0.25, -0.2) is 19.0 Å². The lowest BCUT2D eigenvalue weighted by atomic mass is 10.0. The van der Waals surface area contributed by atoms with Crippen LogP contribution < -0.4 is 10.5 Å². The van der Waals surface area contributed by atoms with E-state index in [9.17, 15) is 9.59 Å². The second-order valence-electron chi connectivity index (χ2n) is 8.84. The number of nitrogens with zero attached hydrogens (tertiary/aromatic N) is 6. The molecule has 1 fully saturated rings. The van der Waals surface area contributed by atoms with Gasteiger partial charge in [0.25, 0.3) is 5.56 Å². The van der Waals surface area contributed by atoms with Crippen LogP contribution in [0, 0.1) is 0 Å². The molecule has 2 aromatic rings. The number of aryl methyl sites for hydroxylation is 1. The summed E-state index contributed by atoms with van der Waals surface area (Å²) in [5.74, 6) is 0. The minimum absolute atomic E-state index is 0.0287. The van der Waals surface area contributed by atoms with Crippen LogP contribution in [0.2, 0.25) is 0 Å². The number of oxime groups is 1. The predicted octanol–water partition coefficient (Wildman–Crippen LogP) is 2.24. The third-order valence-corrected chi connectivity index (χ3v) is 5.38. The standard InChI is InChI=1S/C21H32N6O4/c1-8-16-13-25(14(2)11-26(16)20(29)31-21(3,4)5)17-9-18(28)24(6)27-12-15(10-22-30-7)23-19(17)27/h9-10,12,14,16H,8,11,13H2,1-7H3/t14-,16+/m0/s1. The Labute approximate surface area is 182 Å². The summed E-state index contributed by atoms with van der Waals surface area (Å²) in [5, 5.41) is 3.77. The number of carbonyl (C=O) groups is 1. The number of hydrogen-bond acceptors (Lipinski definition) is 7. The van der Waals surface area contributed by atoms with Gasteiger partial charge in [-0.05, 0) is 34.1 Å². The predicted molar refractivity (Wildman–Crippen MR) is 119 cm³/mol. The highest BCUT2D eigenvalue weighted by Crippen LogP contribution is 2.28. The molecule has 0 radical (unpaired) electrons. The van der Waals surface area contributed by atoms with Crippen LogP contribution in [0.3, 0.4) is 0 Å². The van der Waals surface area contributed by atoms with Crippen molar-refractivity contribution >= 4 is 23.6 Å². The Bertz CT molecular complexity index is 1030. The van der Waals surface area contributed by atoms with Crippen molar-refractivity contribution in [2.24, 2.45) is 12.2 Å². The fourth-order valence-electron chi connectivity index (χ4n) is 3.82. The van der Waals surface area contributed by atoms with E-state index in [1.54, 1.807) is 28.7 Å². The molecule has 170 valence electrons. The summed E-state index contributed by atoms with van der Waals surface area (Å²) in [6.07, 6.45) is 3.70. The van der Waals surface area contributed by atoms with Crippen LogP contribution in [0.1, 0.15) is 46.7 Å². The van der Waals surface area contributed by atoms with Crippen molar-refractivity contribution in [1.82, 2.24) is 19.1 Å². The van der Waals surface area contributed by atoms with Crippen molar-refractivity contribution in [3.05, 3.63) is 28.3 Å². The van der Waals surface area contributed by atoms with E-state index >= 15 is 0 Å². The van der Waals surface area contributed by atoms with E-state index < -0.39 is 5.60 Å². The van der Waals surface area contributed by atoms with Gasteiger partial charge in [0.05, 0.1) is 24.1 Å². The lowest BCUT2D eigenvalue weighted by Gasteiger charge is -2.46. The number of amides is 1. The van der Waals surface area contributed by atoms with Crippen LogP contribution in [0.25, 0.3) is 5.65 Å². The number of hydrogen-bond donors (Lipinski definition) is 0. The van der Waals surface area contributed by atoms with E-state index in [0.29, 0.717) is 24.4 Å². The summed E-state index contributed by atoms with van der Waals surface area (Å²) < 4.78 is 8.82. The van der Waals surface area contributed by atoms with E-state index in [1.165, 1.54) is 18.0 Å². The summed E-state index contributed by atoms with van der Waals surface area (Å²) >= 11 is 0. The van der Waals surface area contributed by atoms with Gasteiger partial charge in [0.2, 0.25) is 0 Å². The van der Waals surface area contributed by atoms with Crippen molar-refractivity contribution in [2.75, 3.05) is 25.1 Å². The number of rotatable bonds is 4. The Balaban J connectivity index is 1.98. The molecule has 31 heavy (non-hydrogen) atoms. The lowest BCUT2D eigenvalue weighted by Crippen LogP contribution is -2.60. The molecule has 0 unspecified atom stereocenters. The first-order chi connectivity index (χ1) is 14.6. The van der Waals surface area contributed by atoms with Gasteiger partial charge in [-0.15, -0.1) is 0 Å². The molecule has 0 N–H and O–H groups in total. The van der Waals surface area contributed by atoms with Crippen molar-refractivity contribution in [3.63, 3.8) is 0 Å². The maximum absolute atomic E-state index is 12.8. The Morgan fingerprint density at radius 2 is 2.06 bits per heavy atom. The minimum atomic E-state index is -0.552. The molecule has 0 spiro atoms. The second kappa shape index (κ2) is 8.60. The molecule has 0 bridgehead atoms. The zero-order valence-electron chi connectivity index (χ0n) is 19.3. The molecule has 2 atom stereocenters. The molecule has 1 amide bonds. The van der Waals surface area contributed by atoms with Gasteiger partial charge in [0.1, 0.15) is 18.4 Å². The molecule has 3 rings (SSSR count). The average Bonchev–Trinajstić information content (AvgIpc) is 3.12. The monoisotopic (exact) mass is 432 g/mol. The molecule has 1 aliphatic rings. The van der Waals surface area contributed by atoms with Gasteiger partial charge in [0.15, 0.2) is 5.65 Å².